The molecule has 0 unspecified atom stereocenters. The first-order chi connectivity index (χ1) is 24.0. The Morgan fingerprint density at radius 1 is 0.640 bits per heavy atom. The number of hydrogen-bond acceptors (Lipinski definition) is 4. The number of fused-ring (bicyclic) bond motifs is 3. The summed E-state index contributed by atoms with van der Waals surface area (Å²) in [6.45, 7) is 9.70. The molecule has 1 aromatic heterocycles. The van der Waals surface area contributed by atoms with E-state index in [0.717, 1.165) is 64.6 Å². The molecule has 2 aliphatic rings. The molecule has 2 aromatic carbocycles. The van der Waals surface area contributed by atoms with Gasteiger partial charge in [-0.15, -0.1) is 0 Å². The second-order valence-electron chi connectivity index (χ2n) is 15.2. The summed E-state index contributed by atoms with van der Waals surface area (Å²) >= 11 is 3.56. The molecule has 0 bridgehead atoms. The van der Waals surface area contributed by atoms with E-state index in [4.69, 9.17) is 0 Å². The number of alkyl halides is 1. The molecule has 0 radical (unpaired) electrons. The average molecular weight is 723 g/mol. The van der Waals surface area contributed by atoms with Gasteiger partial charge in [0.2, 0.25) is 0 Å². The highest BCUT2D eigenvalue weighted by atomic mass is 79.9. The predicted octanol–water partition coefficient (Wildman–Crippen LogP) is 12.0. The molecule has 0 amide bonds. The molecular formula is C44H44BrN5. The first kappa shape index (κ1) is 36.4. The molecule has 2 aliphatic carbocycles. The molecule has 0 spiro atoms. The van der Waals surface area contributed by atoms with Gasteiger partial charge >= 0.3 is 0 Å². The van der Waals surface area contributed by atoms with E-state index in [2.05, 4.69) is 133 Å². The van der Waals surface area contributed by atoms with Crippen LogP contribution >= 0.6 is 15.9 Å². The fourth-order valence-electron chi connectivity index (χ4n) is 7.50. The van der Waals surface area contributed by atoms with Gasteiger partial charge in [0.25, 0.3) is 0 Å². The van der Waals surface area contributed by atoms with Crippen LogP contribution in [0.2, 0.25) is 0 Å². The number of benzene rings is 2. The van der Waals surface area contributed by atoms with Gasteiger partial charge in [-0.05, 0) is 107 Å². The third-order valence-electron chi connectivity index (χ3n) is 9.67. The van der Waals surface area contributed by atoms with Crippen LogP contribution in [-0.2, 0) is 6.54 Å². The van der Waals surface area contributed by atoms with Crippen molar-refractivity contribution >= 4 is 49.9 Å². The molecule has 5 nitrogen and oxygen atoms in total. The van der Waals surface area contributed by atoms with Crippen molar-refractivity contribution in [2.45, 2.75) is 85.6 Å². The summed E-state index contributed by atoms with van der Waals surface area (Å²) in [5, 5.41) is 41.5. The van der Waals surface area contributed by atoms with E-state index in [1.807, 2.05) is 12.2 Å². The van der Waals surface area contributed by atoms with E-state index in [1.54, 1.807) is 0 Å². The number of aromatic nitrogens is 1. The van der Waals surface area contributed by atoms with Crippen LogP contribution in [0, 0.1) is 56.2 Å². The second-order valence-corrected chi connectivity index (χ2v) is 16.0. The molecule has 50 heavy (non-hydrogen) atoms. The van der Waals surface area contributed by atoms with E-state index in [1.165, 1.54) is 41.1 Å². The molecule has 3 aromatic rings. The maximum absolute atomic E-state index is 9.50. The molecule has 0 aliphatic heterocycles. The molecule has 0 N–H and O–H groups in total. The average Bonchev–Trinajstić information content (AvgIpc) is 3.38. The minimum absolute atomic E-state index is 0.0342. The molecule has 0 saturated carbocycles. The van der Waals surface area contributed by atoms with Crippen LogP contribution in [0.25, 0.3) is 34.0 Å². The van der Waals surface area contributed by atoms with Gasteiger partial charge in [-0.3, -0.25) is 0 Å². The Morgan fingerprint density at radius 3 is 1.50 bits per heavy atom. The highest BCUT2D eigenvalue weighted by Crippen LogP contribution is 2.41. The zero-order valence-corrected chi connectivity index (χ0v) is 31.2. The topological polar surface area (TPSA) is 100 Å². The zero-order valence-electron chi connectivity index (χ0n) is 29.6. The monoisotopic (exact) mass is 721 g/mol. The van der Waals surface area contributed by atoms with Gasteiger partial charge in [0.1, 0.15) is 35.4 Å². The van der Waals surface area contributed by atoms with Crippen LogP contribution < -0.4 is 0 Å². The smallest absolute Gasteiger partial charge is 0.132 e. The number of hydrogen-bond donors (Lipinski definition) is 0. The molecular weight excluding hydrogens is 678 g/mol. The standard InChI is InChI=1S/C44H44BrN5/c1-43(2)23-33(19-35(25-43)37(27-46)28-47)11-9-31-13-15-41-39(21-31)40-22-32(14-16-42(40)50(41)18-8-6-5-7-17-45)10-12-34-20-36(38(29-48)30-49)26-44(3,4)24-34/h9-16,19-22H,5-8,17-18,23-26H2,1-4H3/b11-9+,12-10+. The number of halogens is 1. The van der Waals surface area contributed by atoms with Crippen molar-refractivity contribution in [3.05, 3.63) is 105 Å². The second kappa shape index (κ2) is 15.8. The third-order valence-corrected chi connectivity index (χ3v) is 10.2. The van der Waals surface area contributed by atoms with Gasteiger partial charge in [0.15, 0.2) is 0 Å². The number of nitriles is 4. The summed E-state index contributed by atoms with van der Waals surface area (Å²) in [6.07, 6.45) is 20.5. The van der Waals surface area contributed by atoms with Gasteiger partial charge in [-0.2, -0.15) is 21.0 Å². The van der Waals surface area contributed by atoms with Crippen molar-refractivity contribution in [2.24, 2.45) is 10.8 Å². The Bertz CT molecular complexity index is 1990. The molecule has 1 heterocycles. The lowest BCUT2D eigenvalue weighted by molar-refractivity contribution is 0.354. The molecule has 0 atom stereocenters. The van der Waals surface area contributed by atoms with Crippen molar-refractivity contribution in [2.75, 3.05) is 5.33 Å². The fraction of sp³-hybridized carbons (Fsp3) is 0.364. The zero-order chi connectivity index (χ0) is 35.9. The first-order valence-electron chi connectivity index (χ1n) is 17.5. The summed E-state index contributed by atoms with van der Waals surface area (Å²) in [5.74, 6) is 0. The number of nitrogens with zero attached hydrogens (tertiary/aromatic N) is 5. The quantitative estimate of drug-likeness (QED) is 0.118. The summed E-state index contributed by atoms with van der Waals surface area (Å²) in [4.78, 5) is 0. The van der Waals surface area contributed by atoms with Crippen LogP contribution in [0.15, 0.2) is 94.1 Å². The Kier molecular flexibility index (Phi) is 11.5. The minimum Gasteiger partial charge on any atom is -0.340 e. The number of aryl methyl sites for hydroxylation is 1. The van der Waals surface area contributed by atoms with Crippen molar-refractivity contribution in [1.29, 1.82) is 21.0 Å². The Morgan fingerprint density at radius 2 is 1.08 bits per heavy atom. The maximum Gasteiger partial charge on any atom is 0.132 e. The van der Waals surface area contributed by atoms with E-state index in [9.17, 15) is 21.0 Å². The Balaban J connectivity index is 1.54. The first-order valence-corrected chi connectivity index (χ1v) is 18.6. The third kappa shape index (κ3) is 8.64. The minimum atomic E-state index is -0.0342. The van der Waals surface area contributed by atoms with E-state index >= 15 is 0 Å². The summed E-state index contributed by atoms with van der Waals surface area (Å²) < 4.78 is 2.46. The van der Waals surface area contributed by atoms with Crippen molar-refractivity contribution < 1.29 is 0 Å². The van der Waals surface area contributed by atoms with E-state index in [-0.39, 0.29) is 22.0 Å². The van der Waals surface area contributed by atoms with Crippen molar-refractivity contribution in [1.82, 2.24) is 4.57 Å². The number of unbranched alkanes of at least 4 members (excludes halogenated alkanes) is 3. The van der Waals surface area contributed by atoms with Gasteiger partial charge in [-0.25, -0.2) is 0 Å². The van der Waals surface area contributed by atoms with Crippen LogP contribution in [0.5, 0.6) is 0 Å². The Hall–Kier alpha value is -4.88. The lowest BCUT2D eigenvalue weighted by Crippen LogP contribution is -2.17. The normalized spacial score (nSPS) is 16.9. The molecule has 6 heteroatoms. The van der Waals surface area contributed by atoms with E-state index < -0.39 is 0 Å². The SMILES string of the molecule is CC1(C)CC(/C=C/c2ccc3c(c2)c2cc(/C=C/C4=CC(=C(C#N)C#N)CC(C)(C)C4)ccc2n3CCCCCCBr)=CC(=C(C#N)C#N)C1. The van der Waals surface area contributed by atoms with Crippen LogP contribution in [-0.4, -0.2) is 9.90 Å². The maximum atomic E-state index is 9.50. The fourth-order valence-corrected chi connectivity index (χ4v) is 7.89. The predicted molar refractivity (Wildman–Crippen MR) is 208 cm³/mol. The van der Waals surface area contributed by atoms with E-state index in [0.29, 0.717) is 12.8 Å². The summed E-state index contributed by atoms with van der Waals surface area (Å²) in [6, 6.07) is 21.7. The molecule has 252 valence electrons. The molecule has 0 fully saturated rings. The van der Waals surface area contributed by atoms with Crippen molar-refractivity contribution in [3.63, 3.8) is 0 Å². The van der Waals surface area contributed by atoms with Crippen LogP contribution in [0.1, 0.15) is 90.2 Å². The highest BCUT2D eigenvalue weighted by molar-refractivity contribution is 9.09. The van der Waals surface area contributed by atoms with Gasteiger partial charge < -0.3 is 4.57 Å². The summed E-state index contributed by atoms with van der Waals surface area (Å²) in [5.41, 5.74) is 8.85. The van der Waals surface area contributed by atoms with Gasteiger partial charge in [-0.1, -0.05) is 105 Å². The summed E-state index contributed by atoms with van der Waals surface area (Å²) in [7, 11) is 0. The van der Waals surface area contributed by atoms with Gasteiger partial charge in [0, 0.05) is 33.7 Å². The Labute approximate surface area is 305 Å². The lowest BCUT2D eigenvalue weighted by Gasteiger charge is -2.30. The molecule has 0 saturated heterocycles. The van der Waals surface area contributed by atoms with Crippen LogP contribution in [0.4, 0.5) is 0 Å². The van der Waals surface area contributed by atoms with Gasteiger partial charge in [0.05, 0.1) is 0 Å². The largest absolute Gasteiger partial charge is 0.340 e. The number of allylic oxidation sites excluding steroid dienone is 10. The van der Waals surface area contributed by atoms with Crippen molar-refractivity contribution in [3.8, 4) is 24.3 Å². The number of rotatable bonds is 10. The van der Waals surface area contributed by atoms with Crippen LogP contribution in [0.3, 0.4) is 0 Å². The highest BCUT2D eigenvalue weighted by Gasteiger charge is 2.27. The lowest BCUT2D eigenvalue weighted by atomic mass is 9.74. The molecule has 5 rings (SSSR count).